The molecule has 178 valence electrons. The van der Waals surface area contributed by atoms with Crippen LogP contribution in [0.5, 0.6) is 0 Å². The summed E-state index contributed by atoms with van der Waals surface area (Å²) >= 11 is 0. The standard InChI is InChI=1S/C16H16NO3.C9H10NO3.Fe/c1-20-16(19)14(11-12-7-3-2-4-8-12)17-15(18)13-9-5-6-10-13;1-13-8(11)6-10-9(12)7-4-2-3-5-7;/h2-10,14H,11H2,1H3,(H,17,18);2-5H,6H2,1H3,(H,10,12);/q;;+2/t14-;;/m0../s1. The van der Waals surface area contributed by atoms with E-state index in [0.717, 1.165) is 5.56 Å². The quantitative estimate of drug-likeness (QED) is 0.402. The van der Waals surface area contributed by atoms with Crippen molar-refractivity contribution in [3.8, 4) is 0 Å². The maximum absolute atomic E-state index is 12.0. The van der Waals surface area contributed by atoms with Crippen molar-refractivity contribution in [2.75, 3.05) is 20.8 Å². The van der Waals surface area contributed by atoms with Crippen LogP contribution in [0.15, 0.2) is 30.3 Å². The van der Waals surface area contributed by atoms with E-state index in [1.807, 2.05) is 30.3 Å². The van der Waals surface area contributed by atoms with Crippen LogP contribution < -0.4 is 10.6 Å². The van der Waals surface area contributed by atoms with Crippen LogP contribution >= 0.6 is 0 Å². The van der Waals surface area contributed by atoms with Crippen LogP contribution in [0, 0.1) is 63.2 Å². The zero-order valence-electron chi connectivity index (χ0n) is 18.8. The molecule has 0 spiro atoms. The molecule has 2 amide bonds. The summed E-state index contributed by atoms with van der Waals surface area (Å²) in [6.07, 6.45) is 14.2. The molecule has 1 atom stereocenters. The SMILES string of the molecule is COC(=O)CNC(=O)[C]1[CH][CH][CH][CH]1.COC(=O)[C@H](Cc1ccccc1)NC(=O)[C]1[CH][CH][CH][CH]1.[Fe+2]. The second-order valence-corrected chi connectivity index (χ2v) is 6.84. The van der Waals surface area contributed by atoms with Gasteiger partial charge in [-0.15, -0.1) is 0 Å². The third-order valence-electron chi connectivity index (χ3n) is 4.54. The van der Waals surface area contributed by atoms with Crippen molar-refractivity contribution in [1.82, 2.24) is 10.6 Å². The molecule has 3 rings (SSSR count). The molecule has 1 aromatic rings. The van der Waals surface area contributed by atoms with Gasteiger partial charge in [-0.25, -0.2) is 4.79 Å². The Balaban J connectivity index is 0.000000360. The van der Waals surface area contributed by atoms with Crippen molar-refractivity contribution in [2.24, 2.45) is 0 Å². The third-order valence-corrected chi connectivity index (χ3v) is 4.54. The van der Waals surface area contributed by atoms with Crippen LogP contribution in [-0.4, -0.2) is 50.6 Å². The number of carbonyl (C=O) groups excluding carboxylic acids is 4. The summed E-state index contributed by atoms with van der Waals surface area (Å²) in [6, 6.07) is 8.81. The average molecular weight is 506 g/mol. The van der Waals surface area contributed by atoms with Crippen LogP contribution in [0.3, 0.4) is 0 Å². The monoisotopic (exact) mass is 506 g/mol. The van der Waals surface area contributed by atoms with E-state index >= 15 is 0 Å². The number of amides is 2. The fourth-order valence-electron chi connectivity index (χ4n) is 2.80. The van der Waals surface area contributed by atoms with Gasteiger partial charge in [0.05, 0.1) is 26.1 Å². The number of ether oxygens (including phenoxy) is 2. The minimum Gasteiger partial charge on any atom is -0.468 e. The Labute approximate surface area is 212 Å². The first-order chi connectivity index (χ1) is 15.9. The molecular weight excluding hydrogens is 480 g/mol. The van der Waals surface area contributed by atoms with Gasteiger partial charge in [0.2, 0.25) is 11.8 Å². The molecule has 1 aromatic carbocycles. The molecular formula is C25H26FeN2O6+2. The van der Waals surface area contributed by atoms with Crippen molar-refractivity contribution >= 4 is 23.8 Å². The Morgan fingerprint density at radius 3 is 1.82 bits per heavy atom. The maximum atomic E-state index is 12.0. The molecule has 2 saturated carbocycles. The number of esters is 2. The number of nitrogens with one attached hydrogen (secondary N) is 2. The summed E-state index contributed by atoms with van der Waals surface area (Å²) in [6.45, 7) is -0.0967. The molecule has 2 fully saturated rings. The van der Waals surface area contributed by atoms with Crippen molar-refractivity contribution < 1.29 is 45.7 Å². The number of carbonyl (C=O) groups is 4. The topological polar surface area (TPSA) is 111 Å². The third kappa shape index (κ3) is 10.3. The Kier molecular flexibility index (Phi) is 14.2. The first-order valence-electron chi connectivity index (χ1n) is 10.2. The Hall–Kier alpha value is -2.38. The number of benzene rings is 1. The van der Waals surface area contributed by atoms with Gasteiger partial charge >= 0.3 is 29.0 Å². The molecule has 0 saturated heterocycles. The molecule has 2 N–H and O–H groups in total. The predicted octanol–water partition coefficient (Wildman–Crippen LogP) is 0.971. The summed E-state index contributed by atoms with van der Waals surface area (Å²) in [4.78, 5) is 45.6. The molecule has 2 aliphatic carbocycles. The van der Waals surface area contributed by atoms with E-state index in [1.54, 1.807) is 51.4 Å². The molecule has 34 heavy (non-hydrogen) atoms. The molecule has 8 nitrogen and oxygen atoms in total. The van der Waals surface area contributed by atoms with Crippen molar-refractivity contribution in [1.29, 1.82) is 0 Å². The number of hydrogen-bond donors (Lipinski definition) is 2. The molecule has 2 aliphatic rings. The second-order valence-electron chi connectivity index (χ2n) is 6.84. The smallest absolute Gasteiger partial charge is 0.468 e. The van der Waals surface area contributed by atoms with Gasteiger partial charge in [0.1, 0.15) is 12.6 Å². The molecule has 0 heterocycles. The number of rotatable bonds is 8. The normalized spacial score (nSPS) is 16.3. The van der Waals surface area contributed by atoms with Gasteiger partial charge in [0, 0.05) is 6.42 Å². The summed E-state index contributed by atoms with van der Waals surface area (Å²) in [5, 5.41) is 5.13. The van der Waals surface area contributed by atoms with Crippen LogP contribution in [0.2, 0.25) is 0 Å². The molecule has 0 aromatic heterocycles. The van der Waals surface area contributed by atoms with Crippen LogP contribution in [-0.2, 0) is 52.1 Å². The van der Waals surface area contributed by atoms with Crippen molar-refractivity contribution in [3.63, 3.8) is 0 Å². The zero-order valence-corrected chi connectivity index (χ0v) is 19.9. The van der Waals surface area contributed by atoms with Gasteiger partial charge < -0.3 is 20.1 Å². The van der Waals surface area contributed by atoms with E-state index < -0.39 is 18.0 Å². The Morgan fingerprint density at radius 2 is 1.32 bits per heavy atom. The Bertz CT molecular complexity index is 777. The van der Waals surface area contributed by atoms with E-state index in [-0.39, 0.29) is 35.4 Å². The summed E-state index contributed by atoms with van der Waals surface area (Å²) in [7, 11) is 2.59. The van der Waals surface area contributed by atoms with Gasteiger partial charge in [0.15, 0.2) is 0 Å². The molecule has 0 aliphatic heterocycles. The largest absolute Gasteiger partial charge is 2.00 e. The minimum absolute atomic E-state index is 0. The predicted molar refractivity (Wildman–Crippen MR) is 120 cm³/mol. The van der Waals surface area contributed by atoms with E-state index in [1.165, 1.54) is 14.2 Å². The first kappa shape index (κ1) is 29.7. The van der Waals surface area contributed by atoms with Crippen molar-refractivity contribution in [3.05, 3.63) is 99.1 Å². The molecule has 10 radical (unpaired) electrons. The van der Waals surface area contributed by atoms with Crippen LogP contribution in [0.4, 0.5) is 0 Å². The van der Waals surface area contributed by atoms with E-state index in [9.17, 15) is 19.2 Å². The molecule has 0 unspecified atom stereocenters. The molecule has 0 bridgehead atoms. The van der Waals surface area contributed by atoms with Crippen molar-refractivity contribution in [2.45, 2.75) is 12.5 Å². The second kappa shape index (κ2) is 16.3. The molecule has 9 heteroatoms. The van der Waals surface area contributed by atoms with Gasteiger partial charge in [-0.1, -0.05) is 30.3 Å². The van der Waals surface area contributed by atoms with Crippen LogP contribution in [0.1, 0.15) is 5.56 Å². The van der Waals surface area contributed by atoms with E-state index in [2.05, 4.69) is 15.4 Å². The zero-order chi connectivity index (χ0) is 24.1. The van der Waals surface area contributed by atoms with Crippen LogP contribution in [0.25, 0.3) is 0 Å². The fraction of sp³-hybridized carbons (Fsp3) is 0.200. The maximum Gasteiger partial charge on any atom is 2.00 e. The van der Waals surface area contributed by atoms with E-state index in [4.69, 9.17) is 4.74 Å². The summed E-state index contributed by atoms with van der Waals surface area (Å²) in [5.41, 5.74) is 0.964. The fourth-order valence-corrected chi connectivity index (χ4v) is 2.80. The summed E-state index contributed by atoms with van der Waals surface area (Å²) in [5.74, 6) is -0.374. The van der Waals surface area contributed by atoms with Gasteiger partial charge in [-0.05, 0) is 56.9 Å². The van der Waals surface area contributed by atoms with Gasteiger partial charge in [-0.2, -0.15) is 0 Å². The van der Waals surface area contributed by atoms with Gasteiger partial charge in [-0.3, -0.25) is 14.4 Å². The number of methoxy groups -OCH3 is 2. The van der Waals surface area contributed by atoms with E-state index in [0.29, 0.717) is 18.3 Å². The number of hydrogen-bond acceptors (Lipinski definition) is 6. The summed E-state index contributed by atoms with van der Waals surface area (Å²) < 4.78 is 9.11. The minimum atomic E-state index is -0.690. The first-order valence-corrected chi connectivity index (χ1v) is 10.2. The van der Waals surface area contributed by atoms with Gasteiger partial charge in [0.25, 0.3) is 0 Å². The average Bonchev–Trinajstić information content (AvgIpc) is 3.57. The Morgan fingerprint density at radius 1 is 0.794 bits per heavy atom.